The van der Waals surface area contributed by atoms with Gasteiger partial charge in [-0.05, 0) is 19.3 Å². The van der Waals surface area contributed by atoms with E-state index < -0.39 is 5.97 Å². The predicted octanol–water partition coefficient (Wildman–Crippen LogP) is 2.43. The van der Waals surface area contributed by atoms with E-state index in [0.717, 1.165) is 0 Å². The lowest BCUT2D eigenvalue weighted by molar-refractivity contribution is -0.142. The smallest absolute Gasteiger partial charge is 0.348 e. The van der Waals surface area contributed by atoms with Crippen LogP contribution in [0.3, 0.4) is 0 Å². The van der Waals surface area contributed by atoms with Gasteiger partial charge in [-0.3, -0.25) is 0 Å². The van der Waals surface area contributed by atoms with Gasteiger partial charge in [0, 0.05) is 0 Å². The highest BCUT2D eigenvalue weighted by Crippen LogP contribution is 2.18. The van der Waals surface area contributed by atoms with Gasteiger partial charge in [0.15, 0.2) is 0 Å². The molecule has 0 aromatic rings. The van der Waals surface area contributed by atoms with Crippen LogP contribution in [0.25, 0.3) is 0 Å². The number of rotatable bonds is 2. The molecule has 0 fully saturated rings. The third-order valence-corrected chi connectivity index (χ3v) is 1.26. The van der Waals surface area contributed by atoms with Gasteiger partial charge < -0.3 is 4.74 Å². The standard InChI is InChI=1S/C11H17NO2/c1-8(2)14-10(13)9(7-12)6-11(3,4)5/h6,8H,1-5H3/b9-6+. The molecule has 3 heteroatoms. The minimum absolute atomic E-state index is 0.0752. The molecule has 0 aliphatic rings. The molecule has 0 heterocycles. The van der Waals surface area contributed by atoms with Crippen LogP contribution in [0.2, 0.25) is 0 Å². The fourth-order valence-electron chi connectivity index (χ4n) is 0.847. The predicted molar refractivity (Wildman–Crippen MR) is 54.4 cm³/mol. The molecule has 0 atom stereocenters. The van der Waals surface area contributed by atoms with E-state index in [1.807, 2.05) is 26.8 Å². The first-order chi connectivity index (χ1) is 6.26. The molecule has 0 N–H and O–H groups in total. The molecule has 0 saturated heterocycles. The first-order valence-electron chi connectivity index (χ1n) is 4.60. The van der Waals surface area contributed by atoms with Gasteiger partial charge >= 0.3 is 5.97 Å². The quantitative estimate of drug-likeness (QED) is 0.386. The zero-order valence-corrected chi connectivity index (χ0v) is 9.42. The van der Waals surface area contributed by atoms with E-state index in [2.05, 4.69) is 0 Å². The average Bonchev–Trinajstić information content (AvgIpc) is 1.96. The number of carbonyl (C=O) groups is 1. The highest BCUT2D eigenvalue weighted by atomic mass is 16.5. The van der Waals surface area contributed by atoms with Gasteiger partial charge in [0.25, 0.3) is 0 Å². The largest absolute Gasteiger partial charge is 0.459 e. The maximum absolute atomic E-state index is 11.3. The molecule has 0 aliphatic carbocycles. The number of esters is 1. The molecule has 0 aromatic carbocycles. The highest BCUT2D eigenvalue weighted by molar-refractivity contribution is 5.92. The second-order valence-corrected chi connectivity index (χ2v) is 4.49. The Hall–Kier alpha value is -1.30. The van der Waals surface area contributed by atoms with Crippen LogP contribution in [-0.2, 0) is 9.53 Å². The van der Waals surface area contributed by atoms with Gasteiger partial charge in [-0.2, -0.15) is 5.26 Å². The molecule has 0 bridgehead atoms. The minimum Gasteiger partial charge on any atom is -0.459 e. The molecule has 0 aromatic heterocycles. The van der Waals surface area contributed by atoms with Crippen molar-refractivity contribution in [1.82, 2.24) is 0 Å². The average molecular weight is 195 g/mol. The van der Waals surface area contributed by atoms with E-state index in [1.54, 1.807) is 19.9 Å². The summed E-state index contributed by atoms with van der Waals surface area (Å²) in [5.41, 5.74) is -0.118. The maximum Gasteiger partial charge on any atom is 0.348 e. The summed E-state index contributed by atoms with van der Waals surface area (Å²) < 4.78 is 4.92. The van der Waals surface area contributed by atoms with E-state index in [9.17, 15) is 4.79 Å². The second kappa shape index (κ2) is 4.80. The lowest BCUT2D eigenvalue weighted by atomic mass is 9.94. The summed E-state index contributed by atoms with van der Waals surface area (Å²) >= 11 is 0. The first-order valence-corrected chi connectivity index (χ1v) is 4.60. The normalized spacial score (nSPS) is 12.5. The molecule has 14 heavy (non-hydrogen) atoms. The lowest BCUT2D eigenvalue weighted by Crippen LogP contribution is -2.15. The third kappa shape index (κ3) is 5.36. The zero-order chi connectivity index (χ0) is 11.4. The number of hydrogen-bond acceptors (Lipinski definition) is 3. The Kier molecular flexibility index (Phi) is 4.36. The van der Waals surface area contributed by atoms with Crippen LogP contribution in [0.1, 0.15) is 34.6 Å². The van der Waals surface area contributed by atoms with Crippen LogP contribution < -0.4 is 0 Å². The molecule has 0 aliphatic heterocycles. The molecular formula is C11H17NO2. The van der Waals surface area contributed by atoms with Crippen LogP contribution in [0, 0.1) is 16.7 Å². The van der Waals surface area contributed by atoms with Crippen LogP contribution in [0.5, 0.6) is 0 Å². The van der Waals surface area contributed by atoms with Crippen molar-refractivity contribution >= 4 is 5.97 Å². The van der Waals surface area contributed by atoms with Gasteiger partial charge in [-0.25, -0.2) is 4.79 Å². The minimum atomic E-state index is -0.544. The Labute approximate surface area is 85.4 Å². The summed E-state index contributed by atoms with van der Waals surface area (Å²) in [6, 6.07) is 1.85. The number of hydrogen-bond donors (Lipinski definition) is 0. The van der Waals surface area contributed by atoms with Crippen LogP contribution >= 0.6 is 0 Å². The Bertz CT molecular complexity index is 277. The van der Waals surface area contributed by atoms with Crippen LogP contribution in [0.15, 0.2) is 11.6 Å². The fourth-order valence-corrected chi connectivity index (χ4v) is 0.847. The van der Waals surface area contributed by atoms with Gasteiger partial charge in [0.1, 0.15) is 11.6 Å². The van der Waals surface area contributed by atoms with E-state index in [1.165, 1.54) is 0 Å². The van der Waals surface area contributed by atoms with E-state index in [0.29, 0.717) is 0 Å². The molecule has 0 saturated carbocycles. The van der Waals surface area contributed by atoms with Crippen molar-refractivity contribution in [2.45, 2.75) is 40.7 Å². The van der Waals surface area contributed by atoms with Crippen molar-refractivity contribution < 1.29 is 9.53 Å². The summed E-state index contributed by atoms with van der Waals surface area (Å²) in [4.78, 5) is 11.3. The highest BCUT2D eigenvalue weighted by Gasteiger charge is 2.16. The van der Waals surface area contributed by atoms with Gasteiger partial charge in [0.05, 0.1) is 6.10 Å². The second-order valence-electron chi connectivity index (χ2n) is 4.49. The zero-order valence-electron chi connectivity index (χ0n) is 9.42. The molecule has 0 unspecified atom stereocenters. The van der Waals surface area contributed by atoms with Crippen LogP contribution in [0.4, 0.5) is 0 Å². The number of ether oxygens (including phenoxy) is 1. The SMILES string of the molecule is CC(C)OC(=O)/C(C#N)=C/C(C)(C)C. The molecule has 0 radical (unpaired) electrons. The Morgan fingerprint density at radius 3 is 2.21 bits per heavy atom. The van der Waals surface area contributed by atoms with Gasteiger partial charge in [0.2, 0.25) is 0 Å². The molecule has 0 rings (SSSR count). The monoisotopic (exact) mass is 195 g/mol. The summed E-state index contributed by atoms with van der Waals surface area (Å²) in [5.74, 6) is -0.544. The lowest BCUT2D eigenvalue weighted by Gasteiger charge is -2.13. The molecular weight excluding hydrogens is 178 g/mol. The summed E-state index contributed by atoms with van der Waals surface area (Å²) in [5, 5.41) is 8.75. The van der Waals surface area contributed by atoms with E-state index in [-0.39, 0.29) is 17.1 Å². The number of nitriles is 1. The Morgan fingerprint density at radius 2 is 1.93 bits per heavy atom. The first kappa shape index (κ1) is 12.7. The van der Waals surface area contributed by atoms with E-state index in [4.69, 9.17) is 10.00 Å². The van der Waals surface area contributed by atoms with Crippen LogP contribution in [-0.4, -0.2) is 12.1 Å². The molecule has 0 spiro atoms. The number of nitrogens with zero attached hydrogens (tertiary/aromatic N) is 1. The van der Waals surface area contributed by atoms with Crippen molar-refractivity contribution in [3.63, 3.8) is 0 Å². The Balaban J connectivity index is 4.68. The van der Waals surface area contributed by atoms with Crippen molar-refractivity contribution in [2.75, 3.05) is 0 Å². The van der Waals surface area contributed by atoms with Crippen molar-refractivity contribution in [3.8, 4) is 6.07 Å². The topological polar surface area (TPSA) is 50.1 Å². The third-order valence-electron chi connectivity index (χ3n) is 1.26. The maximum atomic E-state index is 11.3. The fraction of sp³-hybridized carbons (Fsp3) is 0.636. The molecule has 0 amide bonds. The van der Waals surface area contributed by atoms with Gasteiger partial charge in [-0.1, -0.05) is 26.8 Å². The van der Waals surface area contributed by atoms with E-state index >= 15 is 0 Å². The van der Waals surface area contributed by atoms with Crippen molar-refractivity contribution in [3.05, 3.63) is 11.6 Å². The summed E-state index contributed by atoms with van der Waals surface area (Å²) in [6.07, 6.45) is 1.43. The van der Waals surface area contributed by atoms with Crippen molar-refractivity contribution in [2.24, 2.45) is 5.41 Å². The van der Waals surface area contributed by atoms with Gasteiger partial charge in [-0.15, -0.1) is 0 Å². The molecule has 3 nitrogen and oxygen atoms in total. The summed E-state index contributed by atoms with van der Waals surface area (Å²) in [6.45, 7) is 9.28. The summed E-state index contributed by atoms with van der Waals surface area (Å²) in [7, 11) is 0. The number of allylic oxidation sites excluding steroid dienone is 1. The number of carbonyl (C=O) groups excluding carboxylic acids is 1. The van der Waals surface area contributed by atoms with Crippen molar-refractivity contribution in [1.29, 1.82) is 5.26 Å². The molecule has 78 valence electrons. The Morgan fingerprint density at radius 1 is 1.43 bits per heavy atom.